The maximum atomic E-state index is 6.55. The van der Waals surface area contributed by atoms with Crippen LogP contribution in [0.15, 0.2) is 24.3 Å². The first kappa shape index (κ1) is 17.6. The van der Waals surface area contributed by atoms with E-state index < -0.39 is 0 Å². The van der Waals surface area contributed by atoms with Crippen molar-refractivity contribution in [2.45, 2.75) is 84.0 Å². The van der Waals surface area contributed by atoms with Crippen molar-refractivity contribution < 1.29 is 0 Å². The maximum Gasteiger partial charge on any atom is 0.0443 e. The molecule has 0 aliphatic carbocycles. The molecule has 1 aromatic carbocycles. The Morgan fingerprint density at radius 2 is 1.25 bits per heavy atom. The highest BCUT2D eigenvalue weighted by molar-refractivity contribution is 6.31. The van der Waals surface area contributed by atoms with E-state index in [0.29, 0.717) is 5.41 Å². The maximum absolute atomic E-state index is 6.55. The van der Waals surface area contributed by atoms with Crippen LogP contribution in [0.4, 0.5) is 0 Å². The van der Waals surface area contributed by atoms with E-state index in [0.717, 1.165) is 5.02 Å². The fraction of sp³-hybridized carbons (Fsp3) is 0.684. The molecular formula is C19H31Cl. The van der Waals surface area contributed by atoms with Crippen molar-refractivity contribution >= 4 is 11.6 Å². The first-order valence-corrected chi connectivity index (χ1v) is 8.83. The highest BCUT2D eigenvalue weighted by Crippen LogP contribution is 2.42. The van der Waals surface area contributed by atoms with Crippen LogP contribution in [0.25, 0.3) is 0 Å². The van der Waals surface area contributed by atoms with Crippen LogP contribution in [0.3, 0.4) is 0 Å². The molecule has 0 radical (unpaired) electrons. The van der Waals surface area contributed by atoms with Crippen LogP contribution in [-0.4, -0.2) is 0 Å². The Balaban J connectivity index is 3.08. The van der Waals surface area contributed by atoms with Crippen LogP contribution in [-0.2, 0) is 5.41 Å². The highest BCUT2D eigenvalue weighted by Gasteiger charge is 2.31. The predicted molar refractivity (Wildman–Crippen MR) is 91.7 cm³/mol. The molecule has 0 N–H and O–H groups in total. The minimum atomic E-state index is 0.306. The Hall–Kier alpha value is -0.490. The van der Waals surface area contributed by atoms with Crippen LogP contribution in [0.5, 0.6) is 0 Å². The molecule has 0 bridgehead atoms. The van der Waals surface area contributed by atoms with Gasteiger partial charge in [-0.05, 0) is 36.3 Å². The van der Waals surface area contributed by atoms with Crippen molar-refractivity contribution in [2.24, 2.45) is 0 Å². The van der Waals surface area contributed by atoms with E-state index in [1.54, 1.807) is 0 Å². The molecule has 0 spiro atoms. The zero-order valence-corrected chi connectivity index (χ0v) is 14.3. The van der Waals surface area contributed by atoms with Gasteiger partial charge in [-0.25, -0.2) is 0 Å². The van der Waals surface area contributed by atoms with E-state index in [4.69, 9.17) is 11.6 Å². The molecule has 0 aromatic heterocycles. The van der Waals surface area contributed by atoms with E-state index in [9.17, 15) is 0 Å². The molecule has 1 heteroatoms. The molecule has 0 unspecified atom stereocenters. The first-order valence-electron chi connectivity index (χ1n) is 8.45. The molecule has 1 aromatic rings. The third kappa shape index (κ3) is 4.81. The van der Waals surface area contributed by atoms with Crippen LogP contribution in [0, 0.1) is 0 Å². The summed E-state index contributed by atoms with van der Waals surface area (Å²) in [6.45, 7) is 6.87. The lowest BCUT2D eigenvalue weighted by atomic mass is 9.69. The normalized spacial score (nSPS) is 11.8. The van der Waals surface area contributed by atoms with Crippen molar-refractivity contribution in [2.75, 3.05) is 0 Å². The highest BCUT2D eigenvalue weighted by atomic mass is 35.5. The molecule has 0 saturated heterocycles. The number of hydrogen-bond acceptors (Lipinski definition) is 0. The van der Waals surface area contributed by atoms with Gasteiger partial charge in [-0.2, -0.15) is 0 Å². The Labute approximate surface area is 130 Å². The molecule has 0 saturated carbocycles. The molecule has 114 valence electrons. The van der Waals surface area contributed by atoms with Crippen LogP contribution < -0.4 is 0 Å². The van der Waals surface area contributed by atoms with Gasteiger partial charge in [0.1, 0.15) is 0 Å². The Morgan fingerprint density at radius 3 is 1.65 bits per heavy atom. The predicted octanol–water partition coefficient (Wildman–Crippen LogP) is 7.15. The molecule has 1 rings (SSSR count). The minimum absolute atomic E-state index is 0.306. The van der Waals surface area contributed by atoms with Crippen LogP contribution in [0.2, 0.25) is 5.02 Å². The summed E-state index contributed by atoms with van der Waals surface area (Å²) < 4.78 is 0. The topological polar surface area (TPSA) is 0 Å². The van der Waals surface area contributed by atoms with Crippen molar-refractivity contribution in [3.63, 3.8) is 0 Å². The lowest BCUT2D eigenvalue weighted by Gasteiger charge is -2.36. The zero-order valence-electron chi connectivity index (χ0n) is 13.6. The van der Waals surface area contributed by atoms with Gasteiger partial charge >= 0.3 is 0 Å². The summed E-state index contributed by atoms with van der Waals surface area (Å²) in [5.41, 5.74) is 1.71. The van der Waals surface area contributed by atoms with Crippen molar-refractivity contribution in [1.82, 2.24) is 0 Å². The SMILES string of the molecule is CCCCC(CCCC)(CCCC)c1ccccc1Cl. The van der Waals surface area contributed by atoms with E-state index in [1.165, 1.54) is 63.4 Å². The van der Waals surface area contributed by atoms with Gasteiger partial charge in [0.15, 0.2) is 0 Å². The molecule has 0 aliphatic heterocycles. The second-order valence-electron chi connectivity index (χ2n) is 6.07. The molecule has 0 atom stereocenters. The molecule has 0 amide bonds. The zero-order chi connectivity index (χ0) is 14.8. The standard InChI is InChI=1S/C19H31Cl/c1-4-7-14-19(15-8-5-2,16-9-6-3)17-12-10-11-13-18(17)20/h10-13H,4-9,14-16H2,1-3H3. The second-order valence-corrected chi connectivity index (χ2v) is 6.48. The number of halogens is 1. The Morgan fingerprint density at radius 1 is 0.800 bits per heavy atom. The first-order chi connectivity index (χ1) is 9.70. The molecular weight excluding hydrogens is 264 g/mol. The quantitative estimate of drug-likeness (QED) is 0.430. The third-order valence-corrected chi connectivity index (χ3v) is 4.80. The molecule has 0 heterocycles. The fourth-order valence-electron chi connectivity index (χ4n) is 3.22. The van der Waals surface area contributed by atoms with Crippen molar-refractivity contribution in [1.29, 1.82) is 0 Å². The lowest BCUT2D eigenvalue weighted by molar-refractivity contribution is 0.309. The number of hydrogen-bond donors (Lipinski definition) is 0. The van der Waals surface area contributed by atoms with Crippen LogP contribution in [0.1, 0.15) is 84.1 Å². The summed E-state index contributed by atoms with van der Waals surface area (Å²) in [5.74, 6) is 0. The fourth-order valence-corrected chi connectivity index (χ4v) is 3.55. The van der Waals surface area contributed by atoms with Gasteiger partial charge < -0.3 is 0 Å². The second kappa shape index (κ2) is 9.45. The minimum Gasteiger partial charge on any atom is -0.0840 e. The van der Waals surface area contributed by atoms with Gasteiger partial charge in [-0.3, -0.25) is 0 Å². The average molecular weight is 295 g/mol. The van der Waals surface area contributed by atoms with Gasteiger partial charge in [0, 0.05) is 5.02 Å². The summed E-state index contributed by atoms with van der Waals surface area (Å²) >= 11 is 6.55. The van der Waals surface area contributed by atoms with Gasteiger partial charge in [0.05, 0.1) is 0 Å². The summed E-state index contributed by atoms with van der Waals surface area (Å²) in [4.78, 5) is 0. The summed E-state index contributed by atoms with van der Waals surface area (Å²) in [7, 11) is 0. The van der Waals surface area contributed by atoms with Crippen LogP contribution >= 0.6 is 11.6 Å². The average Bonchev–Trinajstić information content (AvgIpc) is 2.48. The van der Waals surface area contributed by atoms with E-state index in [1.807, 2.05) is 0 Å². The Kier molecular flexibility index (Phi) is 8.30. The van der Waals surface area contributed by atoms with Gasteiger partial charge in [-0.15, -0.1) is 0 Å². The summed E-state index contributed by atoms with van der Waals surface area (Å²) in [6.07, 6.45) is 11.6. The largest absolute Gasteiger partial charge is 0.0840 e. The van der Waals surface area contributed by atoms with Crippen molar-refractivity contribution in [3.05, 3.63) is 34.9 Å². The molecule has 0 fully saturated rings. The molecule has 0 nitrogen and oxygen atoms in total. The van der Waals surface area contributed by atoms with Crippen molar-refractivity contribution in [3.8, 4) is 0 Å². The number of benzene rings is 1. The van der Waals surface area contributed by atoms with E-state index >= 15 is 0 Å². The van der Waals surface area contributed by atoms with E-state index in [-0.39, 0.29) is 0 Å². The number of unbranched alkanes of at least 4 members (excludes halogenated alkanes) is 3. The van der Waals surface area contributed by atoms with E-state index in [2.05, 4.69) is 45.0 Å². The third-order valence-electron chi connectivity index (χ3n) is 4.47. The smallest absolute Gasteiger partial charge is 0.0443 e. The lowest BCUT2D eigenvalue weighted by Crippen LogP contribution is -2.27. The van der Waals surface area contributed by atoms with Gasteiger partial charge in [-0.1, -0.05) is 89.1 Å². The molecule has 0 aliphatic rings. The monoisotopic (exact) mass is 294 g/mol. The molecule has 20 heavy (non-hydrogen) atoms. The van der Waals surface area contributed by atoms with Gasteiger partial charge in [0.2, 0.25) is 0 Å². The summed E-state index contributed by atoms with van der Waals surface area (Å²) in [5, 5.41) is 0.968. The summed E-state index contributed by atoms with van der Waals surface area (Å²) in [6, 6.07) is 8.54. The Bertz CT molecular complexity index is 348. The number of rotatable bonds is 10. The van der Waals surface area contributed by atoms with Gasteiger partial charge in [0.25, 0.3) is 0 Å².